The molecule has 0 N–H and O–H groups in total. The zero-order valence-corrected chi connectivity index (χ0v) is 10.2. The molecule has 1 saturated heterocycles. The molecule has 1 aliphatic rings. The number of anilines is 1. The van der Waals surface area contributed by atoms with E-state index in [1.165, 1.54) is 5.69 Å². The second-order valence-electron chi connectivity index (χ2n) is 4.36. The van der Waals surface area contributed by atoms with Crippen LogP contribution < -0.4 is 4.90 Å². The van der Waals surface area contributed by atoms with Gasteiger partial charge in [-0.05, 0) is 12.1 Å². The van der Waals surface area contributed by atoms with E-state index in [1.807, 2.05) is 24.4 Å². The third kappa shape index (κ3) is 2.36. The number of benzene rings is 1. The first kappa shape index (κ1) is 11.2. The lowest BCUT2D eigenvalue weighted by molar-refractivity contribution is 0.122. The van der Waals surface area contributed by atoms with Crippen molar-refractivity contribution in [1.29, 1.82) is 0 Å². The van der Waals surface area contributed by atoms with Gasteiger partial charge in [0.1, 0.15) is 0 Å². The standard InChI is InChI=1S/C15H16N2O/c1-2-4-13(5-3-1)15-12-14(6-7-16-15)17-8-10-18-11-9-17/h1-7,12H,8-11H2. The number of hydrogen-bond acceptors (Lipinski definition) is 3. The van der Waals surface area contributed by atoms with Gasteiger partial charge in [0.15, 0.2) is 0 Å². The maximum Gasteiger partial charge on any atom is 0.0722 e. The first-order valence-electron chi connectivity index (χ1n) is 6.28. The fourth-order valence-electron chi connectivity index (χ4n) is 2.20. The lowest BCUT2D eigenvalue weighted by Gasteiger charge is -2.29. The quantitative estimate of drug-likeness (QED) is 0.806. The smallest absolute Gasteiger partial charge is 0.0722 e. The highest BCUT2D eigenvalue weighted by Crippen LogP contribution is 2.22. The van der Waals surface area contributed by atoms with E-state index in [4.69, 9.17) is 4.74 Å². The lowest BCUT2D eigenvalue weighted by Crippen LogP contribution is -2.36. The van der Waals surface area contributed by atoms with Gasteiger partial charge in [-0.25, -0.2) is 0 Å². The van der Waals surface area contributed by atoms with Crippen LogP contribution in [-0.4, -0.2) is 31.3 Å². The van der Waals surface area contributed by atoms with Gasteiger partial charge in [-0.2, -0.15) is 0 Å². The Morgan fingerprint density at radius 3 is 2.56 bits per heavy atom. The molecule has 3 rings (SSSR count). The van der Waals surface area contributed by atoms with Gasteiger partial charge in [0.25, 0.3) is 0 Å². The number of morpholine rings is 1. The number of ether oxygens (including phenoxy) is 1. The minimum Gasteiger partial charge on any atom is -0.378 e. The topological polar surface area (TPSA) is 25.4 Å². The van der Waals surface area contributed by atoms with Gasteiger partial charge in [0, 0.05) is 30.5 Å². The molecule has 2 aromatic rings. The normalized spacial score (nSPS) is 15.7. The molecule has 1 aromatic heterocycles. The Kier molecular flexibility index (Phi) is 3.24. The molecule has 1 fully saturated rings. The van der Waals surface area contributed by atoms with Crippen molar-refractivity contribution in [2.75, 3.05) is 31.2 Å². The first-order chi connectivity index (χ1) is 8.93. The fraction of sp³-hybridized carbons (Fsp3) is 0.267. The summed E-state index contributed by atoms with van der Waals surface area (Å²) in [6.07, 6.45) is 1.88. The summed E-state index contributed by atoms with van der Waals surface area (Å²) in [5, 5.41) is 0. The second kappa shape index (κ2) is 5.19. The zero-order chi connectivity index (χ0) is 12.2. The molecule has 0 aliphatic carbocycles. The molecule has 0 unspecified atom stereocenters. The van der Waals surface area contributed by atoms with Crippen LogP contribution in [-0.2, 0) is 4.74 Å². The van der Waals surface area contributed by atoms with E-state index in [-0.39, 0.29) is 0 Å². The van der Waals surface area contributed by atoms with Crippen LogP contribution in [0.5, 0.6) is 0 Å². The van der Waals surface area contributed by atoms with Gasteiger partial charge in [-0.15, -0.1) is 0 Å². The van der Waals surface area contributed by atoms with Crippen LogP contribution >= 0.6 is 0 Å². The van der Waals surface area contributed by atoms with Crippen molar-refractivity contribution in [1.82, 2.24) is 4.98 Å². The molecule has 0 radical (unpaired) electrons. The summed E-state index contributed by atoms with van der Waals surface area (Å²) >= 11 is 0. The maximum absolute atomic E-state index is 5.38. The van der Waals surface area contributed by atoms with Crippen molar-refractivity contribution >= 4 is 5.69 Å². The summed E-state index contributed by atoms with van der Waals surface area (Å²) in [6.45, 7) is 3.53. The van der Waals surface area contributed by atoms with E-state index < -0.39 is 0 Å². The van der Waals surface area contributed by atoms with Gasteiger partial charge in [0.05, 0.1) is 18.9 Å². The van der Waals surface area contributed by atoms with E-state index >= 15 is 0 Å². The Morgan fingerprint density at radius 2 is 1.78 bits per heavy atom. The van der Waals surface area contributed by atoms with Crippen molar-refractivity contribution in [2.45, 2.75) is 0 Å². The van der Waals surface area contributed by atoms with Crippen LogP contribution in [0, 0.1) is 0 Å². The second-order valence-corrected chi connectivity index (χ2v) is 4.36. The summed E-state index contributed by atoms with van der Waals surface area (Å²) < 4.78 is 5.38. The van der Waals surface area contributed by atoms with E-state index in [9.17, 15) is 0 Å². The van der Waals surface area contributed by atoms with Crippen molar-refractivity contribution in [3.8, 4) is 11.3 Å². The molecule has 0 saturated carbocycles. The minimum absolute atomic E-state index is 0.809. The van der Waals surface area contributed by atoms with Crippen LogP contribution in [0.4, 0.5) is 5.69 Å². The number of rotatable bonds is 2. The highest BCUT2D eigenvalue weighted by atomic mass is 16.5. The molecular weight excluding hydrogens is 224 g/mol. The van der Waals surface area contributed by atoms with Gasteiger partial charge in [-0.1, -0.05) is 30.3 Å². The summed E-state index contributed by atoms with van der Waals surface area (Å²) in [5.74, 6) is 0. The van der Waals surface area contributed by atoms with Crippen LogP contribution in [0.2, 0.25) is 0 Å². The molecule has 0 atom stereocenters. The molecule has 3 nitrogen and oxygen atoms in total. The van der Waals surface area contributed by atoms with E-state index in [2.05, 4.69) is 34.1 Å². The Bertz CT molecular complexity index is 507. The summed E-state index contributed by atoms with van der Waals surface area (Å²) in [7, 11) is 0. The highest BCUT2D eigenvalue weighted by Gasteiger charge is 2.11. The van der Waals surface area contributed by atoms with Crippen LogP contribution in [0.3, 0.4) is 0 Å². The Balaban J connectivity index is 1.89. The van der Waals surface area contributed by atoms with Crippen LogP contribution in [0.15, 0.2) is 48.7 Å². The molecule has 0 amide bonds. The lowest BCUT2D eigenvalue weighted by atomic mass is 10.1. The molecule has 0 spiro atoms. The number of nitrogens with zero attached hydrogens (tertiary/aromatic N) is 2. The molecule has 0 bridgehead atoms. The molecule has 1 aromatic carbocycles. The van der Waals surface area contributed by atoms with Gasteiger partial charge in [0.2, 0.25) is 0 Å². The van der Waals surface area contributed by atoms with Crippen molar-refractivity contribution < 1.29 is 4.74 Å². The largest absolute Gasteiger partial charge is 0.378 e. The minimum atomic E-state index is 0.809. The summed E-state index contributed by atoms with van der Waals surface area (Å²) in [5.41, 5.74) is 3.42. The van der Waals surface area contributed by atoms with Crippen LogP contribution in [0.1, 0.15) is 0 Å². The molecule has 2 heterocycles. The Hall–Kier alpha value is -1.87. The number of pyridine rings is 1. The third-order valence-electron chi connectivity index (χ3n) is 3.19. The van der Waals surface area contributed by atoms with E-state index in [0.29, 0.717) is 0 Å². The fourth-order valence-corrected chi connectivity index (χ4v) is 2.20. The summed E-state index contributed by atoms with van der Waals surface area (Å²) in [6, 6.07) is 14.5. The van der Waals surface area contributed by atoms with Crippen molar-refractivity contribution in [3.05, 3.63) is 48.7 Å². The monoisotopic (exact) mass is 240 g/mol. The molecule has 1 aliphatic heterocycles. The van der Waals surface area contributed by atoms with E-state index in [0.717, 1.165) is 37.6 Å². The maximum atomic E-state index is 5.38. The molecule has 18 heavy (non-hydrogen) atoms. The van der Waals surface area contributed by atoms with Gasteiger partial charge >= 0.3 is 0 Å². The summed E-state index contributed by atoms with van der Waals surface area (Å²) in [4.78, 5) is 6.79. The first-order valence-corrected chi connectivity index (χ1v) is 6.28. The van der Waals surface area contributed by atoms with Crippen molar-refractivity contribution in [2.24, 2.45) is 0 Å². The number of hydrogen-bond donors (Lipinski definition) is 0. The van der Waals surface area contributed by atoms with Crippen molar-refractivity contribution in [3.63, 3.8) is 0 Å². The van der Waals surface area contributed by atoms with Gasteiger partial charge in [-0.3, -0.25) is 4.98 Å². The average molecular weight is 240 g/mol. The Morgan fingerprint density at radius 1 is 1.00 bits per heavy atom. The predicted molar refractivity (Wildman–Crippen MR) is 72.7 cm³/mol. The number of aromatic nitrogens is 1. The van der Waals surface area contributed by atoms with Gasteiger partial charge < -0.3 is 9.64 Å². The SMILES string of the molecule is c1ccc(-c2cc(N3CCOCC3)ccn2)cc1. The molecular formula is C15H16N2O. The average Bonchev–Trinajstić information content (AvgIpc) is 2.49. The third-order valence-corrected chi connectivity index (χ3v) is 3.19. The predicted octanol–water partition coefficient (Wildman–Crippen LogP) is 2.59. The zero-order valence-electron chi connectivity index (χ0n) is 10.2. The van der Waals surface area contributed by atoms with E-state index in [1.54, 1.807) is 0 Å². The highest BCUT2D eigenvalue weighted by molar-refractivity contribution is 5.64. The Labute approximate surface area is 107 Å². The molecule has 92 valence electrons. The van der Waals surface area contributed by atoms with Crippen LogP contribution in [0.25, 0.3) is 11.3 Å². The molecule has 3 heteroatoms.